The van der Waals surface area contributed by atoms with E-state index in [1.54, 1.807) is 13.2 Å². The lowest BCUT2D eigenvalue weighted by atomic mass is 9.77. The van der Waals surface area contributed by atoms with E-state index in [9.17, 15) is 4.79 Å². The Kier molecular flexibility index (Phi) is 6.62. The zero-order chi connectivity index (χ0) is 24.2. The largest absolute Gasteiger partial charge is 0.493 e. The molecule has 0 bridgehead atoms. The van der Waals surface area contributed by atoms with Gasteiger partial charge in [0.2, 0.25) is 0 Å². The number of carbonyl (C=O) groups excluding carboxylic acids is 1. The molecule has 3 atom stereocenters. The lowest BCUT2D eigenvalue weighted by molar-refractivity contribution is -0.132. The summed E-state index contributed by atoms with van der Waals surface area (Å²) >= 11 is 0. The molecule has 1 N–H and O–H groups in total. The molecule has 0 radical (unpaired) electrons. The second-order valence-electron chi connectivity index (χ2n) is 8.71. The number of allylic oxidation sites excluding steroid dienone is 2. The molecule has 6 nitrogen and oxygen atoms in total. The molecule has 1 aliphatic carbocycles. The average molecular weight is 472 g/mol. The van der Waals surface area contributed by atoms with Gasteiger partial charge in [-0.1, -0.05) is 48.6 Å². The van der Waals surface area contributed by atoms with Crippen molar-refractivity contribution in [2.45, 2.75) is 25.3 Å². The number of rotatable bonds is 8. The van der Waals surface area contributed by atoms with Crippen molar-refractivity contribution < 1.29 is 23.7 Å². The highest BCUT2D eigenvalue weighted by molar-refractivity contribution is 5.71. The number of nitrogens with one attached hydrogen (secondary N) is 1. The van der Waals surface area contributed by atoms with Crippen LogP contribution in [0.25, 0.3) is 0 Å². The molecule has 5 rings (SSSR count). The Morgan fingerprint density at radius 1 is 0.943 bits per heavy atom. The molecule has 0 fully saturated rings. The number of esters is 1. The monoisotopic (exact) mass is 471 g/mol. The maximum atomic E-state index is 11.5. The maximum Gasteiger partial charge on any atom is 0.308 e. The van der Waals surface area contributed by atoms with Gasteiger partial charge in [0.1, 0.15) is 24.7 Å². The van der Waals surface area contributed by atoms with Crippen LogP contribution in [-0.2, 0) is 4.79 Å². The lowest BCUT2D eigenvalue weighted by Gasteiger charge is -2.38. The van der Waals surface area contributed by atoms with Crippen LogP contribution in [0.4, 0.5) is 5.69 Å². The number of carbonyl (C=O) groups is 1. The summed E-state index contributed by atoms with van der Waals surface area (Å²) in [4.78, 5) is 11.5. The third-order valence-electron chi connectivity index (χ3n) is 6.51. The summed E-state index contributed by atoms with van der Waals surface area (Å²) in [6, 6.07) is 21.7. The van der Waals surface area contributed by atoms with Crippen molar-refractivity contribution in [2.24, 2.45) is 5.92 Å². The van der Waals surface area contributed by atoms with Crippen molar-refractivity contribution >= 4 is 11.7 Å². The van der Waals surface area contributed by atoms with E-state index < -0.39 is 0 Å². The van der Waals surface area contributed by atoms with Gasteiger partial charge in [-0.2, -0.15) is 0 Å². The summed E-state index contributed by atoms with van der Waals surface area (Å²) < 4.78 is 22.8. The summed E-state index contributed by atoms with van der Waals surface area (Å²) in [5.74, 6) is 2.88. The topological polar surface area (TPSA) is 66.0 Å². The van der Waals surface area contributed by atoms with Crippen LogP contribution in [0, 0.1) is 5.92 Å². The molecule has 6 heteroatoms. The zero-order valence-corrected chi connectivity index (χ0v) is 19.9. The summed E-state index contributed by atoms with van der Waals surface area (Å²) in [7, 11) is 1.58. The van der Waals surface area contributed by atoms with Gasteiger partial charge in [-0.3, -0.25) is 4.79 Å². The first-order valence-electron chi connectivity index (χ1n) is 11.9. The van der Waals surface area contributed by atoms with E-state index in [2.05, 4.69) is 23.5 Å². The van der Waals surface area contributed by atoms with Crippen LogP contribution < -0.4 is 24.3 Å². The van der Waals surface area contributed by atoms with E-state index in [1.165, 1.54) is 12.5 Å². The molecular formula is C29H29NO5. The second-order valence-corrected chi connectivity index (χ2v) is 8.71. The van der Waals surface area contributed by atoms with Gasteiger partial charge < -0.3 is 24.3 Å². The molecule has 3 unspecified atom stereocenters. The number of hydrogen-bond donors (Lipinski definition) is 1. The van der Waals surface area contributed by atoms with E-state index in [1.807, 2.05) is 54.6 Å². The average Bonchev–Trinajstić information content (AvgIpc) is 3.37. The predicted molar refractivity (Wildman–Crippen MR) is 135 cm³/mol. The molecule has 3 aromatic rings. The Labute approximate surface area is 205 Å². The maximum absolute atomic E-state index is 11.5. The van der Waals surface area contributed by atoms with E-state index in [0.717, 1.165) is 29.2 Å². The summed E-state index contributed by atoms with van der Waals surface area (Å²) in [6.45, 7) is 2.28. The molecule has 35 heavy (non-hydrogen) atoms. The molecule has 0 saturated heterocycles. The minimum absolute atomic E-state index is 0.0492. The predicted octanol–water partition coefficient (Wildman–Crippen LogP) is 5.90. The van der Waals surface area contributed by atoms with Crippen LogP contribution in [0.2, 0.25) is 0 Å². The van der Waals surface area contributed by atoms with Crippen molar-refractivity contribution in [3.8, 4) is 23.0 Å². The quantitative estimate of drug-likeness (QED) is 0.191. The number of methoxy groups -OCH3 is 1. The van der Waals surface area contributed by atoms with Crippen LogP contribution in [0.5, 0.6) is 23.0 Å². The van der Waals surface area contributed by atoms with Crippen molar-refractivity contribution in [2.75, 3.05) is 25.6 Å². The first-order valence-corrected chi connectivity index (χ1v) is 11.9. The SMILES string of the molecule is COc1cc(C2Nc3c(OCCOc4ccccc4)cccc3C3C=CCC32)ccc1OC(C)=O. The van der Waals surface area contributed by atoms with Crippen molar-refractivity contribution in [1.82, 2.24) is 0 Å². The van der Waals surface area contributed by atoms with Crippen LogP contribution in [0.3, 0.4) is 0 Å². The molecule has 3 aromatic carbocycles. The smallest absolute Gasteiger partial charge is 0.308 e. The van der Waals surface area contributed by atoms with Gasteiger partial charge in [-0.15, -0.1) is 0 Å². The fourth-order valence-corrected chi connectivity index (χ4v) is 4.99. The van der Waals surface area contributed by atoms with Gasteiger partial charge >= 0.3 is 5.97 Å². The van der Waals surface area contributed by atoms with Crippen molar-refractivity contribution in [1.29, 1.82) is 0 Å². The molecular weight excluding hydrogens is 442 g/mol. The Hall–Kier alpha value is -3.93. The Bertz CT molecular complexity index is 1220. The van der Waals surface area contributed by atoms with E-state index in [0.29, 0.717) is 36.5 Å². The van der Waals surface area contributed by atoms with Crippen molar-refractivity contribution in [3.63, 3.8) is 0 Å². The standard InChI is InChI=1S/C29H29NO5/c1-19(31)35-25-15-14-20(18-27(25)32-2)28-23-11-6-10-22(23)24-12-7-13-26(29(24)30-28)34-17-16-33-21-8-4-3-5-9-21/h3-10,12-15,18,22-23,28,30H,11,16-17H2,1-2H3. The molecule has 0 spiro atoms. The minimum atomic E-state index is -0.376. The normalized spacial score (nSPS) is 19.8. The molecule has 0 amide bonds. The molecule has 1 aliphatic heterocycles. The number of fused-ring (bicyclic) bond motifs is 3. The Morgan fingerprint density at radius 2 is 1.77 bits per heavy atom. The van der Waals surface area contributed by atoms with E-state index in [4.69, 9.17) is 18.9 Å². The fourth-order valence-electron chi connectivity index (χ4n) is 4.99. The second kappa shape index (κ2) is 10.1. The van der Waals surface area contributed by atoms with Gasteiger partial charge in [0.15, 0.2) is 11.5 Å². The van der Waals surface area contributed by atoms with Crippen LogP contribution in [-0.4, -0.2) is 26.3 Å². The van der Waals surface area contributed by atoms with Gasteiger partial charge in [-0.25, -0.2) is 0 Å². The highest BCUT2D eigenvalue weighted by atomic mass is 16.6. The van der Waals surface area contributed by atoms with Gasteiger partial charge in [0, 0.05) is 12.8 Å². The molecule has 1 heterocycles. The first kappa shape index (κ1) is 22.8. The van der Waals surface area contributed by atoms with Gasteiger partial charge in [-0.05, 0) is 53.8 Å². The number of anilines is 1. The molecule has 180 valence electrons. The van der Waals surface area contributed by atoms with E-state index in [-0.39, 0.29) is 12.0 Å². The van der Waals surface area contributed by atoms with Gasteiger partial charge in [0.25, 0.3) is 0 Å². The van der Waals surface area contributed by atoms with Crippen LogP contribution in [0.15, 0.2) is 78.9 Å². The third-order valence-corrected chi connectivity index (χ3v) is 6.51. The van der Waals surface area contributed by atoms with Crippen molar-refractivity contribution in [3.05, 3.63) is 90.0 Å². The molecule has 2 aliphatic rings. The number of benzene rings is 3. The number of ether oxygens (including phenoxy) is 4. The molecule has 0 saturated carbocycles. The Balaban J connectivity index is 1.38. The highest BCUT2D eigenvalue weighted by Crippen LogP contribution is 2.52. The summed E-state index contributed by atoms with van der Waals surface area (Å²) in [5.41, 5.74) is 3.32. The molecule has 0 aromatic heterocycles. The lowest BCUT2D eigenvalue weighted by Crippen LogP contribution is -2.29. The zero-order valence-electron chi connectivity index (χ0n) is 19.9. The fraction of sp³-hybridized carbons (Fsp3) is 0.276. The number of hydrogen-bond acceptors (Lipinski definition) is 6. The van der Waals surface area contributed by atoms with E-state index >= 15 is 0 Å². The summed E-state index contributed by atoms with van der Waals surface area (Å²) in [6.07, 6.45) is 5.53. The third kappa shape index (κ3) is 4.83. The van der Waals surface area contributed by atoms with Crippen LogP contribution >= 0.6 is 0 Å². The number of para-hydroxylation sites is 2. The van der Waals surface area contributed by atoms with Crippen LogP contribution in [0.1, 0.15) is 36.4 Å². The first-order chi connectivity index (χ1) is 17.1. The minimum Gasteiger partial charge on any atom is -0.493 e. The van der Waals surface area contributed by atoms with Gasteiger partial charge in [0.05, 0.1) is 18.8 Å². The Morgan fingerprint density at radius 3 is 2.57 bits per heavy atom. The highest BCUT2D eigenvalue weighted by Gasteiger charge is 2.39. The summed E-state index contributed by atoms with van der Waals surface area (Å²) in [5, 5.41) is 3.75.